The van der Waals surface area contributed by atoms with Crippen LogP contribution < -0.4 is 0 Å². The smallest absolute Gasteiger partial charge is 0.257 e. The first-order valence-electron chi connectivity index (χ1n) is 8.75. The Bertz CT molecular complexity index is 885. The molecule has 0 radical (unpaired) electrons. The molecule has 1 fully saturated rings. The third-order valence-electron chi connectivity index (χ3n) is 4.65. The average Bonchev–Trinajstić information content (AvgIpc) is 3.15. The fourth-order valence-electron chi connectivity index (χ4n) is 3.20. The number of amides is 1. The zero-order valence-corrected chi connectivity index (χ0v) is 14.3. The molecule has 2 aromatic heterocycles. The zero-order valence-electron chi connectivity index (χ0n) is 14.3. The molecule has 3 aromatic rings. The van der Waals surface area contributed by atoms with Gasteiger partial charge in [-0.2, -0.15) is 5.10 Å². The molecule has 0 atom stereocenters. The van der Waals surface area contributed by atoms with E-state index in [9.17, 15) is 9.90 Å². The predicted molar refractivity (Wildman–Crippen MR) is 97.9 cm³/mol. The minimum Gasteiger partial charge on any atom is -0.393 e. The summed E-state index contributed by atoms with van der Waals surface area (Å²) in [6.45, 7) is 1.12. The zero-order chi connectivity index (χ0) is 17.9. The number of carbonyl (C=O) groups is 1. The first-order valence-corrected chi connectivity index (χ1v) is 8.75. The summed E-state index contributed by atoms with van der Waals surface area (Å²) in [5.41, 5.74) is 2.88. The molecular formula is C20H20N4O2. The van der Waals surface area contributed by atoms with Crippen molar-refractivity contribution in [2.24, 2.45) is 0 Å². The van der Waals surface area contributed by atoms with E-state index in [-0.39, 0.29) is 12.0 Å². The van der Waals surface area contributed by atoms with Crippen LogP contribution in [0.5, 0.6) is 0 Å². The highest BCUT2D eigenvalue weighted by molar-refractivity contribution is 6.00. The van der Waals surface area contributed by atoms with Crippen LogP contribution in [0.2, 0.25) is 0 Å². The first kappa shape index (κ1) is 16.5. The largest absolute Gasteiger partial charge is 0.393 e. The molecule has 0 saturated carbocycles. The number of carbonyl (C=O) groups excluding carboxylic acids is 1. The lowest BCUT2D eigenvalue weighted by Crippen LogP contribution is -2.40. The van der Waals surface area contributed by atoms with Crippen LogP contribution in [0.1, 0.15) is 23.2 Å². The minimum atomic E-state index is -0.316. The fourth-order valence-corrected chi connectivity index (χ4v) is 3.20. The van der Waals surface area contributed by atoms with E-state index in [1.807, 2.05) is 42.5 Å². The second-order valence-corrected chi connectivity index (χ2v) is 6.44. The molecular weight excluding hydrogens is 328 g/mol. The van der Waals surface area contributed by atoms with E-state index in [2.05, 4.69) is 10.1 Å². The number of piperidine rings is 1. The molecule has 0 aliphatic carbocycles. The number of hydrogen-bond donors (Lipinski definition) is 1. The van der Waals surface area contributed by atoms with Gasteiger partial charge in [0, 0.05) is 37.2 Å². The first-order chi connectivity index (χ1) is 12.7. The molecule has 132 valence electrons. The van der Waals surface area contributed by atoms with Crippen LogP contribution in [-0.2, 0) is 0 Å². The summed E-state index contributed by atoms with van der Waals surface area (Å²) in [7, 11) is 0. The molecule has 4 rings (SSSR count). The van der Waals surface area contributed by atoms with Crippen LogP contribution in [0.25, 0.3) is 16.9 Å². The monoisotopic (exact) mass is 348 g/mol. The molecule has 1 aliphatic heterocycles. The van der Waals surface area contributed by atoms with Gasteiger partial charge in [-0.15, -0.1) is 0 Å². The molecule has 0 spiro atoms. The van der Waals surface area contributed by atoms with Gasteiger partial charge in [-0.05, 0) is 37.1 Å². The SMILES string of the molecule is O=C(c1cn(-c2ccccc2)nc1-c1cccnc1)N1CCC(O)CC1. The molecule has 0 unspecified atom stereocenters. The van der Waals surface area contributed by atoms with Crippen molar-refractivity contribution in [3.8, 4) is 16.9 Å². The maximum Gasteiger partial charge on any atom is 0.257 e. The third kappa shape index (κ3) is 3.23. The molecule has 1 N–H and O–H groups in total. The van der Waals surface area contributed by atoms with Gasteiger partial charge in [-0.25, -0.2) is 4.68 Å². The Labute approximate surface area is 151 Å². The Hall–Kier alpha value is -2.99. The number of benzene rings is 1. The number of likely N-dealkylation sites (tertiary alicyclic amines) is 1. The van der Waals surface area contributed by atoms with E-state index in [1.54, 1.807) is 28.2 Å². The Morgan fingerprint density at radius 1 is 1.08 bits per heavy atom. The van der Waals surface area contributed by atoms with E-state index in [1.165, 1.54) is 0 Å². The van der Waals surface area contributed by atoms with Gasteiger partial charge in [0.15, 0.2) is 0 Å². The second kappa shape index (κ2) is 7.09. The summed E-state index contributed by atoms with van der Waals surface area (Å²) in [6.07, 6.45) is 6.11. The van der Waals surface area contributed by atoms with Crippen molar-refractivity contribution in [3.05, 3.63) is 66.6 Å². The molecule has 1 saturated heterocycles. The lowest BCUT2D eigenvalue weighted by Gasteiger charge is -2.29. The summed E-state index contributed by atoms with van der Waals surface area (Å²) in [6, 6.07) is 13.5. The van der Waals surface area contributed by atoms with Gasteiger partial charge in [0.25, 0.3) is 5.91 Å². The maximum atomic E-state index is 13.1. The van der Waals surface area contributed by atoms with E-state index < -0.39 is 0 Å². The van der Waals surface area contributed by atoms with Crippen LogP contribution in [0, 0.1) is 0 Å². The quantitative estimate of drug-likeness (QED) is 0.789. The molecule has 6 heteroatoms. The number of aliphatic hydroxyl groups excluding tert-OH is 1. The Morgan fingerprint density at radius 3 is 2.54 bits per heavy atom. The van der Waals surface area contributed by atoms with Crippen LogP contribution >= 0.6 is 0 Å². The number of aromatic nitrogens is 3. The molecule has 1 amide bonds. The van der Waals surface area contributed by atoms with Gasteiger partial charge in [0.2, 0.25) is 0 Å². The second-order valence-electron chi connectivity index (χ2n) is 6.44. The van der Waals surface area contributed by atoms with Gasteiger partial charge >= 0.3 is 0 Å². The van der Waals surface area contributed by atoms with Gasteiger partial charge in [0.05, 0.1) is 17.4 Å². The van der Waals surface area contributed by atoms with Crippen LogP contribution in [-0.4, -0.2) is 49.9 Å². The van der Waals surface area contributed by atoms with Gasteiger partial charge in [0.1, 0.15) is 5.69 Å². The van der Waals surface area contributed by atoms with Gasteiger partial charge < -0.3 is 10.0 Å². The number of pyridine rings is 1. The van der Waals surface area contributed by atoms with Gasteiger partial charge in [-0.3, -0.25) is 9.78 Å². The van der Waals surface area contributed by atoms with Crippen LogP contribution in [0.4, 0.5) is 0 Å². The molecule has 6 nitrogen and oxygen atoms in total. The Balaban J connectivity index is 1.74. The van der Waals surface area contributed by atoms with Crippen molar-refractivity contribution in [2.75, 3.05) is 13.1 Å². The Kier molecular flexibility index (Phi) is 4.50. The highest BCUT2D eigenvalue weighted by atomic mass is 16.3. The topological polar surface area (TPSA) is 71.2 Å². The van der Waals surface area contributed by atoms with Crippen molar-refractivity contribution >= 4 is 5.91 Å². The lowest BCUT2D eigenvalue weighted by molar-refractivity contribution is 0.0547. The highest BCUT2D eigenvalue weighted by Gasteiger charge is 2.26. The molecule has 1 aromatic carbocycles. The number of rotatable bonds is 3. The molecule has 3 heterocycles. The molecule has 26 heavy (non-hydrogen) atoms. The van der Waals surface area contributed by atoms with E-state index in [4.69, 9.17) is 0 Å². The standard InChI is InChI=1S/C20H20N4O2/c25-17-8-11-23(12-9-17)20(26)18-14-24(16-6-2-1-3-7-16)22-19(18)15-5-4-10-21-13-15/h1-7,10,13-14,17,25H,8-9,11-12H2. The summed E-state index contributed by atoms with van der Waals surface area (Å²) < 4.78 is 1.73. The summed E-state index contributed by atoms with van der Waals surface area (Å²) in [5.74, 6) is -0.0575. The lowest BCUT2D eigenvalue weighted by atomic mass is 10.1. The highest BCUT2D eigenvalue weighted by Crippen LogP contribution is 2.25. The number of nitrogens with zero attached hydrogens (tertiary/aromatic N) is 4. The van der Waals surface area contributed by atoms with E-state index in [0.29, 0.717) is 37.2 Å². The maximum absolute atomic E-state index is 13.1. The minimum absolute atomic E-state index is 0.0575. The Morgan fingerprint density at radius 2 is 1.85 bits per heavy atom. The molecule has 0 bridgehead atoms. The summed E-state index contributed by atoms with van der Waals surface area (Å²) in [5, 5.41) is 14.4. The van der Waals surface area contributed by atoms with E-state index in [0.717, 1.165) is 11.3 Å². The predicted octanol–water partition coefficient (Wildman–Crippen LogP) is 2.53. The fraction of sp³-hybridized carbons (Fsp3) is 0.250. The van der Waals surface area contributed by atoms with Crippen molar-refractivity contribution in [2.45, 2.75) is 18.9 Å². The van der Waals surface area contributed by atoms with Crippen molar-refractivity contribution in [3.63, 3.8) is 0 Å². The summed E-state index contributed by atoms with van der Waals surface area (Å²) in [4.78, 5) is 19.1. The van der Waals surface area contributed by atoms with E-state index >= 15 is 0 Å². The number of hydrogen-bond acceptors (Lipinski definition) is 4. The number of para-hydroxylation sites is 1. The third-order valence-corrected chi connectivity index (χ3v) is 4.65. The van der Waals surface area contributed by atoms with Gasteiger partial charge in [-0.1, -0.05) is 18.2 Å². The normalized spacial score (nSPS) is 15.2. The van der Waals surface area contributed by atoms with Crippen LogP contribution in [0.15, 0.2) is 61.1 Å². The number of aliphatic hydroxyl groups is 1. The van der Waals surface area contributed by atoms with Crippen LogP contribution in [0.3, 0.4) is 0 Å². The van der Waals surface area contributed by atoms with Crippen molar-refractivity contribution in [1.82, 2.24) is 19.7 Å². The average molecular weight is 348 g/mol. The van der Waals surface area contributed by atoms with Crippen molar-refractivity contribution < 1.29 is 9.90 Å². The van der Waals surface area contributed by atoms with Crippen molar-refractivity contribution in [1.29, 1.82) is 0 Å². The molecule has 1 aliphatic rings. The summed E-state index contributed by atoms with van der Waals surface area (Å²) >= 11 is 0.